The largest absolute Gasteiger partial charge is 0.353 e. The van der Waals surface area contributed by atoms with Crippen molar-refractivity contribution in [1.82, 2.24) is 26.1 Å². The number of aromatic nitrogens is 2. The van der Waals surface area contributed by atoms with Gasteiger partial charge in [0.05, 0.1) is 5.92 Å². The van der Waals surface area contributed by atoms with E-state index in [0.29, 0.717) is 18.0 Å². The number of fused-ring (bicyclic) bond motifs is 1. The molecule has 0 bridgehead atoms. The summed E-state index contributed by atoms with van der Waals surface area (Å²) in [6.45, 7) is 2.66. The maximum atomic E-state index is 12.7. The van der Waals surface area contributed by atoms with Crippen LogP contribution in [0.3, 0.4) is 0 Å². The van der Waals surface area contributed by atoms with Crippen molar-refractivity contribution in [1.29, 1.82) is 0 Å². The molecule has 2 aliphatic heterocycles. The van der Waals surface area contributed by atoms with E-state index in [1.807, 2.05) is 6.07 Å². The lowest BCUT2D eigenvalue weighted by Gasteiger charge is -2.35. The Morgan fingerprint density at radius 3 is 3.00 bits per heavy atom. The zero-order chi connectivity index (χ0) is 16.4. The molecule has 3 fully saturated rings. The molecule has 1 aromatic rings. The van der Waals surface area contributed by atoms with E-state index in [0.717, 1.165) is 57.7 Å². The second-order valence-electron chi connectivity index (χ2n) is 7.24. The van der Waals surface area contributed by atoms with E-state index in [1.54, 1.807) is 12.4 Å². The summed E-state index contributed by atoms with van der Waals surface area (Å²) in [5, 5.41) is 3.31. The van der Waals surface area contributed by atoms with Crippen LogP contribution in [0.4, 0.5) is 5.95 Å². The summed E-state index contributed by atoms with van der Waals surface area (Å²) < 4.78 is 0. The summed E-state index contributed by atoms with van der Waals surface area (Å²) in [5.41, 5.74) is 6.58. The van der Waals surface area contributed by atoms with Crippen molar-refractivity contribution in [3.05, 3.63) is 18.5 Å². The Morgan fingerprint density at radius 2 is 2.12 bits per heavy atom. The molecule has 0 radical (unpaired) electrons. The van der Waals surface area contributed by atoms with Crippen LogP contribution >= 0.6 is 0 Å². The Kier molecular flexibility index (Phi) is 4.62. The van der Waals surface area contributed by atoms with E-state index in [4.69, 9.17) is 0 Å². The number of rotatable bonds is 3. The molecule has 1 aromatic heterocycles. The number of piperidine rings is 1. The number of nitrogens with zero attached hydrogens (tertiary/aromatic N) is 3. The molecule has 4 unspecified atom stereocenters. The fourth-order valence-electron chi connectivity index (χ4n) is 4.28. The summed E-state index contributed by atoms with van der Waals surface area (Å²) in [4.78, 5) is 23.5. The van der Waals surface area contributed by atoms with Crippen LogP contribution in [0.5, 0.6) is 0 Å². The van der Waals surface area contributed by atoms with Crippen LogP contribution in [0.1, 0.15) is 32.1 Å². The fourth-order valence-corrected chi connectivity index (χ4v) is 4.28. The molecule has 7 nitrogen and oxygen atoms in total. The van der Waals surface area contributed by atoms with Crippen LogP contribution in [0, 0.1) is 11.8 Å². The maximum absolute atomic E-state index is 12.7. The van der Waals surface area contributed by atoms with Gasteiger partial charge < -0.3 is 10.2 Å². The minimum Gasteiger partial charge on any atom is -0.353 e. The molecule has 1 saturated carbocycles. The lowest BCUT2D eigenvalue weighted by molar-refractivity contribution is -0.126. The van der Waals surface area contributed by atoms with Crippen LogP contribution in [-0.2, 0) is 4.79 Å². The van der Waals surface area contributed by atoms with Gasteiger partial charge in [-0.3, -0.25) is 15.6 Å². The van der Waals surface area contributed by atoms with Gasteiger partial charge in [-0.25, -0.2) is 9.97 Å². The summed E-state index contributed by atoms with van der Waals surface area (Å²) in [5.74, 6) is 1.63. The van der Waals surface area contributed by atoms with Crippen LogP contribution in [0.2, 0.25) is 0 Å². The summed E-state index contributed by atoms with van der Waals surface area (Å²) in [6, 6.07) is 2.73. The lowest BCUT2D eigenvalue weighted by Crippen LogP contribution is -2.49. The summed E-state index contributed by atoms with van der Waals surface area (Å²) in [6.07, 6.45) is 8.77. The van der Waals surface area contributed by atoms with E-state index in [9.17, 15) is 4.79 Å². The van der Waals surface area contributed by atoms with Gasteiger partial charge in [-0.15, -0.1) is 0 Å². The maximum Gasteiger partial charge on any atom is 0.225 e. The first-order valence-electron chi connectivity index (χ1n) is 9.10. The van der Waals surface area contributed by atoms with Crippen molar-refractivity contribution in [3.63, 3.8) is 0 Å². The highest BCUT2D eigenvalue weighted by molar-refractivity contribution is 5.79. The molecule has 3 aliphatic rings. The Bertz CT molecular complexity index is 567. The predicted molar refractivity (Wildman–Crippen MR) is 91.2 cm³/mol. The van der Waals surface area contributed by atoms with Gasteiger partial charge in [0, 0.05) is 44.1 Å². The predicted octanol–water partition coefficient (Wildman–Crippen LogP) is 0.454. The number of carbonyl (C=O) groups is 1. The van der Waals surface area contributed by atoms with E-state index >= 15 is 0 Å². The molecule has 4 rings (SSSR count). The first kappa shape index (κ1) is 15.8. The fraction of sp³-hybridized carbons (Fsp3) is 0.706. The van der Waals surface area contributed by atoms with Crippen molar-refractivity contribution in [2.45, 2.75) is 44.2 Å². The molecule has 0 spiro atoms. The first-order valence-corrected chi connectivity index (χ1v) is 9.10. The molecular formula is C17H26N6O. The standard InChI is InChI=1S/C17H26N6O/c24-16(21-14-4-5-15-13(9-14)10-20-22-15)12-3-1-8-23(11-12)17-18-6-2-7-19-17/h2,6-7,12-15,20,22H,1,3-5,8-11H2,(H,21,24). The van der Waals surface area contributed by atoms with E-state index in [1.165, 1.54) is 0 Å². The van der Waals surface area contributed by atoms with Crippen molar-refractivity contribution >= 4 is 11.9 Å². The topological polar surface area (TPSA) is 82.2 Å². The van der Waals surface area contributed by atoms with Gasteiger partial charge in [0.1, 0.15) is 0 Å². The number of amides is 1. The summed E-state index contributed by atoms with van der Waals surface area (Å²) >= 11 is 0. The second kappa shape index (κ2) is 7.03. The summed E-state index contributed by atoms with van der Waals surface area (Å²) in [7, 11) is 0. The van der Waals surface area contributed by atoms with Gasteiger partial charge in [0.2, 0.25) is 11.9 Å². The van der Waals surface area contributed by atoms with Crippen molar-refractivity contribution in [2.24, 2.45) is 11.8 Å². The van der Waals surface area contributed by atoms with E-state index in [2.05, 4.69) is 31.0 Å². The van der Waals surface area contributed by atoms with E-state index in [-0.39, 0.29) is 11.8 Å². The Labute approximate surface area is 142 Å². The average molecular weight is 330 g/mol. The van der Waals surface area contributed by atoms with Crippen molar-refractivity contribution < 1.29 is 4.79 Å². The third kappa shape index (κ3) is 3.37. The van der Waals surface area contributed by atoms with Crippen molar-refractivity contribution in [3.8, 4) is 0 Å². The van der Waals surface area contributed by atoms with Gasteiger partial charge in [-0.1, -0.05) is 0 Å². The minimum atomic E-state index is 0.0418. The van der Waals surface area contributed by atoms with Crippen LogP contribution in [-0.4, -0.2) is 47.6 Å². The third-order valence-corrected chi connectivity index (χ3v) is 5.61. The van der Waals surface area contributed by atoms with Crippen LogP contribution in [0.25, 0.3) is 0 Å². The third-order valence-electron chi connectivity index (χ3n) is 5.61. The van der Waals surface area contributed by atoms with Gasteiger partial charge in [-0.2, -0.15) is 0 Å². The smallest absolute Gasteiger partial charge is 0.225 e. The van der Waals surface area contributed by atoms with Crippen molar-refractivity contribution in [2.75, 3.05) is 24.5 Å². The number of nitrogens with one attached hydrogen (secondary N) is 3. The molecule has 2 saturated heterocycles. The Hall–Kier alpha value is -1.73. The molecular weight excluding hydrogens is 304 g/mol. The molecule has 0 aromatic carbocycles. The zero-order valence-electron chi connectivity index (χ0n) is 13.9. The van der Waals surface area contributed by atoms with Crippen LogP contribution in [0.15, 0.2) is 18.5 Å². The zero-order valence-corrected chi connectivity index (χ0v) is 13.9. The molecule has 1 aliphatic carbocycles. The lowest BCUT2D eigenvalue weighted by atomic mass is 9.82. The Morgan fingerprint density at radius 1 is 1.25 bits per heavy atom. The highest BCUT2D eigenvalue weighted by Gasteiger charge is 2.35. The van der Waals surface area contributed by atoms with Gasteiger partial charge in [0.25, 0.3) is 0 Å². The monoisotopic (exact) mass is 330 g/mol. The highest BCUT2D eigenvalue weighted by Crippen LogP contribution is 2.27. The molecule has 24 heavy (non-hydrogen) atoms. The second-order valence-corrected chi connectivity index (χ2v) is 7.24. The molecule has 130 valence electrons. The molecule has 1 amide bonds. The molecule has 4 atom stereocenters. The molecule has 3 heterocycles. The first-order chi connectivity index (χ1) is 11.8. The van der Waals surface area contributed by atoms with E-state index < -0.39 is 0 Å². The average Bonchev–Trinajstić information content (AvgIpc) is 3.10. The number of anilines is 1. The number of carbonyl (C=O) groups excluding carboxylic acids is 1. The SMILES string of the molecule is O=C(NC1CCC2NNCC2C1)C1CCCN(c2ncccn2)C1. The van der Waals surface area contributed by atoms with Crippen LogP contribution < -0.4 is 21.1 Å². The Balaban J connectivity index is 1.32. The number of hydrogen-bond acceptors (Lipinski definition) is 6. The molecule has 7 heteroatoms. The highest BCUT2D eigenvalue weighted by atomic mass is 16.2. The quantitative estimate of drug-likeness (QED) is 0.747. The van der Waals surface area contributed by atoms with Gasteiger partial charge in [-0.05, 0) is 44.1 Å². The number of hydrazine groups is 1. The van der Waals surface area contributed by atoms with Gasteiger partial charge >= 0.3 is 0 Å². The van der Waals surface area contributed by atoms with Gasteiger partial charge in [0.15, 0.2) is 0 Å². The number of hydrogen-bond donors (Lipinski definition) is 3. The minimum absolute atomic E-state index is 0.0418. The normalized spacial score (nSPS) is 33.1. The molecule has 3 N–H and O–H groups in total.